The minimum atomic E-state index is 0.00625. The minimum absolute atomic E-state index is 0.00625. The maximum Gasteiger partial charge on any atom is 0.225 e. The molecular weight excluding hydrogens is 392 g/mol. The summed E-state index contributed by atoms with van der Waals surface area (Å²) < 4.78 is 0. The normalized spacial score (nSPS) is 18.7. The minimum Gasteiger partial charge on any atom is -0.341 e. The van der Waals surface area contributed by atoms with Gasteiger partial charge in [-0.1, -0.05) is 56.2 Å². The molecule has 1 aromatic carbocycles. The van der Waals surface area contributed by atoms with Gasteiger partial charge in [0.05, 0.1) is 5.69 Å². The van der Waals surface area contributed by atoms with Crippen molar-refractivity contribution in [2.24, 2.45) is 5.92 Å². The smallest absolute Gasteiger partial charge is 0.225 e. The molecule has 1 aliphatic carbocycles. The molecule has 2 aliphatic rings. The van der Waals surface area contributed by atoms with Crippen LogP contribution >= 0.6 is 0 Å². The number of piperidine rings is 1. The van der Waals surface area contributed by atoms with Gasteiger partial charge in [-0.05, 0) is 67.2 Å². The summed E-state index contributed by atoms with van der Waals surface area (Å²) in [7, 11) is 0. The van der Waals surface area contributed by atoms with Crippen molar-refractivity contribution in [2.75, 3.05) is 18.0 Å². The first-order valence-corrected chi connectivity index (χ1v) is 12.3. The molecule has 0 radical (unpaired) electrons. The van der Waals surface area contributed by atoms with Crippen LogP contribution in [0.15, 0.2) is 61.1 Å². The van der Waals surface area contributed by atoms with Crippen LogP contribution in [0.25, 0.3) is 0 Å². The lowest BCUT2D eigenvalue weighted by Crippen LogP contribution is -2.35. The molecule has 0 N–H and O–H groups in total. The summed E-state index contributed by atoms with van der Waals surface area (Å²) in [5.74, 6) is 1.73. The van der Waals surface area contributed by atoms with E-state index < -0.39 is 0 Å². The number of nitrogens with zero attached hydrogens (tertiary/aromatic N) is 4. The summed E-state index contributed by atoms with van der Waals surface area (Å²) in [4.78, 5) is 17.0. The second kappa shape index (κ2) is 9.40. The topological polar surface area (TPSA) is 41.9 Å². The molecule has 1 saturated carbocycles. The van der Waals surface area contributed by atoms with Gasteiger partial charge in [0.15, 0.2) is 0 Å². The van der Waals surface area contributed by atoms with Gasteiger partial charge in [0.1, 0.15) is 0 Å². The first kappa shape index (κ1) is 21.1. The standard InChI is InChI=1S/C28H34N4/c1-22-13-18-32(19-14-22)27-30-21-24(12-11-23-8-7-17-29-20-23)26(31-27)28(15-5-6-16-28)25-9-3-2-4-10-25/h2-4,7-10,17,20-22H,5-6,11-16,18-19H2,1H3. The predicted octanol–water partition coefficient (Wildman–Crippen LogP) is 5.75. The van der Waals surface area contributed by atoms with Crippen LogP contribution in [0.2, 0.25) is 0 Å². The molecule has 1 aliphatic heterocycles. The zero-order valence-corrected chi connectivity index (χ0v) is 19.2. The van der Waals surface area contributed by atoms with Crippen LogP contribution in [-0.4, -0.2) is 28.0 Å². The Morgan fingerprint density at radius 2 is 1.72 bits per heavy atom. The van der Waals surface area contributed by atoms with E-state index in [1.165, 1.54) is 60.9 Å². The van der Waals surface area contributed by atoms with Crippen LogP contribution in [0.4, 0.5) is 5.95 Å². The van der Waals surface area contributed by atoms with Gasteiger partial charge in [-0.15, -0.1) is 0 Å². The van der Waals surface area contributed by atoms with E-state index in [1.807, 2.05) is 18.5 Å². The average Bonchev–Trinajstić information content (AvgIpc) is 3.36. The number of anilines is 1. The largest absolute Gasteiger partial charge is 0.341 e. The molecule has 0 unspecified atom stereocenters. The average molecular weight is 427 g/mol. The first-order chi connectivity index (χ1) is 15.7. The summed E-state index contributed by atoms with van der Waals surface area (Å²) >= 11 is 0. The molecule has 0 bridgehead atoms. The SMILES string of the molecule is CC1CCN(c2ncc(CCc3cccnc3)c(C3(c4ccccc4)CCCC3)n2)CC1. The Labute approximate surface area is 192 Å². The molecule has 166 valence electrons. The molecule has 3 aromatic rings. The van der Waals surface area contributed by atoms with Crippen LogP contribution in [0.1, 0.15) is 67.8 Å². The molecule has 0 atom stereocenters. The van der Waals surface area contributed by atoms with Gasteiger partial charge in [0.2, 0.25) is 5.95 Å². The fourth-order valence-corrected chi connectivity index (χ4v) is 5.58. The number of hydrogen-bond donors (Lipinski definition) is 0. The lowest BCUT2D eigenvalue weighted by Gasteiger charge is -2.34. The molecule has 0 spiro atoms. The van der Waals surface area contributed by atoms with E-state index in [-0.39, 0.29) is 5.41 Å². The second-order valence-electron chi connectivity index (χ2n) is 9.73. The maximum absolute atomic E-state index is 5.36. The third kappa shape index (κ3) is 4.28. The van der Waals surface area contributed by atoms with Gasteiger partial charge >= 0.3 is 0 Å². The van der Waals surface area contributed by atoms with E-state index >= 15 is 0 Å². The first-order valence-electron chi connectivity index (χ1n) is 12.3. The number of aromatic nitrogens is 3. The van der Waals surface area contributed by atoms with Crippen molar-refractivity contribution in [3.63, 3.8) is 0 Å². The molecule has 2 fully saturated rings. The Hall–Kier alpha value is -2.75. The second-order valence-corrected chi connectivity index (χ2v) is 9.73. The molecule has 4 nitrogen and oxygen atoms in total. The van der Waals surface area contributed by atoms with Gasteiger partial charge < -0.3 is 4.90 Å². The summed E-state index contributed by atoms with van der Waals surface area (Å²) in [6.45, 7) is 4.48. The van der Waals surface area contributed by atoms with E-state index in [0.29, 0.717) is 0 Å². The Morgan fingerprint density at radius 3 is 2.44 bits per heavy atom. The van der Waals surface area contributed by atoms with Gasteiger partial charge in [-0.3, -0.25) is 4.98 Å². The van der Waals surface area contributed by atoms with Crippen LogP contribution in [0, 0.1) is 5.92 Å². The van der Waals surface area contributed by atoms with E-state index in [2.05, 4.69) is 59.4 Å². The number of aryl methyl sites for hydroxylation is 2. The van der Waals surface area contributed by atoms with Crippen molar-refractivity contribution in [3.05, 3.63) is 83.4 Å². The molecule has 3 heterocycles. The van der Waals surface area contributed by atoms with Crippen LogP contribution in [0.5, 0.6) is 0 Å². The molecule has 5 rings (SSSR count). The highest BCUT2D eigenvalue weighted by Gasteiger charge is 2.40. The number of hydrogen-bond acceptors (Lipinski definition) is 4. The van der Waals surface area contributed by atoms with Crippen molar-refractivity contribution in [1.82, 2.24) is 15.0 Å². The molecular formula is C28H34N4. The van der Waals surface area contributed by atoms with Crippen LogP contribution < -0.4 is 4.90 Å². The van der Waals surface area contributed by atoms with Crippen LogP contribution in [-0.2, 0) is 18.3 Å². The molecule has 4 heteroatoms. The maximum atomic E-state index is 5.36. The predicted molar refractivity (Wildman–Crippen MR) is 130 cm³/mol. The van der Waals surface area contributed by atoms with Crippen LogP contribution in [0.3, 0.4) is 0 Å². The van der Waals surface area contributed by atoms with Crippen molar-refractivity contribution in [3.8, 4) is 0 Å². The molecule has 32 heavy (non-hydrogen) atoms. The lowest BCUT2D eigenvalue weighted by atomic mass is 9.74. The lowest BCUT2D eigenvalue weighted by molar-refractivity contribution is 0.432. The fourth-order valence-electron chi connectivity index (χ4n) is 5.58. The summed E-state index contributed by atoms with van der Waals surface area (Å²) in [6.07, 6.45) is 15.2. The Kier molecular flexibility index (Phi) is 6.20. The highest BCUT2D eigenvalue weighted by molar-refractivity contribution is 5.44. The Bertz CT molecular complexity index is 1000. The summed E-state index contributed by atoms with van der Waals surface area (Å²) in [5.41, 5.74) is 5.26. The van der Waals surface area contributed by atoms with Crippen molar-refractivity contribution in [2.45, 2.75) is 63.7 Å². The summed E-state index contributed by atoms with van der Waals surface area (Å²) in [6, 6.07) is 15.3. The van der Waals surface area contributed by atoms with Crippen molar-refractivity contribution >= 4 is 5.95 Å². The Morgan fingerprint density at radius 1 is 0.938 bits per heavy atom. The molecule has 0 amide bonds. The third-order valence-electron chi connectivity index (χ3n) is 7.56. The molecule has 1 saturated heterocycles. The summed E-state index contributed by atoms with van der Waals surface area (Å²) in [5, 5.41) is 0. The van der Waals surface area contributed by atoms with Gasteiger partial charge in [0.25, 0.3) is 0 Å². The molecule has 2 aromatic heterocycles. The van der Waals surface area contributed by atoms with Gasteiger partial charge in [-0.2, -0.15) is 0 Å². The Balaban J connectivity index is 1.54. The third-order valence-corrected chi connectivity index (χ3v) is 7.56. The number of rotatable bonds is 6. The highest BCUT2D eigenvalue weighted by atomic mass is 15.3. The number of pyridine rings is 1. The highest BCUT2D eigenvalue weighted by Crippen LogP contribution is 2.47. The van der Waals surface area contributed by atoms with Crippen molar-refractivity contribution in [1.29, 1.82) is 0 Å². The van der Waals surface area contributed by atoms with E-state index in [1.54, 1.807) is 0 Å². The van der Waals surface area contributed by atoms with Crippen molar-refractivity contribution < 1.29 is 0 Å². The van der Waals surface area contributed by atoms with Gasteiger partial charge in [0, 0.05) is 37.1 Å². The zero-order chi connectivity index (χ0) is 21.8. The number of benzene rings is 1. The zero-order valence-electron chi connectivity index (χ0n) is 19.2. The quantitative estimate of drug-likeness (QED) is 0.503. The van der Waals surface area contributed by atoms with E-state index in [4.69, 9.17) is 9.97 Å². The monoisotopic (exact) mass is 426 g/mol. The van der Waals surface area contributed by atoms with E-state index in [0.717, 1.165) is 37.8 Å². The van der Waals surface area contributed by atoms with Gasteiger partial charge in [-0.25, -0.2) is 9.97 Å². The fraction of sp³-hybridized carbons (Fsp3) is 0.464. The van der Waals surface area contributed by atoms with E-state index in [9.17, 15) is 0 Å².